The van der Waals surface area contributed by atoms with Crippen molar-refractivity contribution in [3.8, 4) is 5.75 Å². The summed E-state index contributed by atoms with van der Waals surface area (Å²) in [6, 6.07) is 5.97. The summed E-state index contributed by atoms with van der Waals surface area (Å²) in [6.07, 6.45) is 3.80. The molecule has 1 heterocycles. The molecule has 29 heavy (non-hydrogen) atoms. The Bertz CT molecular complexity index is 903. The van der Waals surface area contributed by atoms with Gasteiger partial charge in [0.2, 0.25) is 5.91 Å². The zero-order valence-electron chi connectivity index (χ0n) is 17.6. The van der Waals surface area contributed by atoms with Crippen LogP contribution in [-0.4, -0.2) is 25.6 Å². The summed E-state index contributed by atoms with van der Waals surface area (Å²) < 4.78 is 10.8. The summed E-state index contributed by atoms with van der Waals surface area (Å²) in [5, 5.41) is 3.56. The first-order valence-electron chi connectivity index (χ1n) is 10.1. The number of nitrogens with one attached hydrogen (secondary N) is 1. The van der Waals surface area contributed by atoms with Crippen LogP contribution >= 0.6 is 11.3 Å². The number of rotatable bonds is 7. The van der Waals surface area contributed by atoms with Crippen molar-refractivity contribution < 1.29 is 19.1 Å². The molecule has 1 aliphatic carbocycles. The van der Waals surface area contributed by atoms with Gasteiger partial charge in [0.1, 0.15) is 10.8 Å². The number of thiophene rings is 1. The van der Waals surface area contributed by atoms with Crippen LogP contribution in [0.2, 0.25) is 0 Å². The van der Waals surface area contributed by atoms with E-state index in [0.29, 0.717) is 35.9 Å². The minimum atomic E-state index is -0.370. The molecule has 0 saturated heterocycles. The second-order valence-corrected chi connectivity index (χ2v) is 8.85. The maximum absolute atomic E-state index is 12.5. The number of carbonyl (C=O) groups is 2. The summed E-state index contributed by atoms with van der Waals surface area (Å²) in [5.41, 5.74) is 3.90. The van der Waals surface area contributed by atoms with E-state index in [1.807, 2.05) is 19.1 Å². The maximum Gasteiger partial charge on any atom is 0.341 e. The van der Waals surface area contributed by atoms with E-state index >= 15 is 0 Å². The van der Waals surface area contributed by atoms with Crippen molar-refractivity contribution in [1.82, 2.24) is 0 Å². The number of fused-ring (bicyclic) bond motifs is 1. The molecule has 6 heteroatoms. The van der Waals surface area contributed by atoms with Crippen LogP contribution in [0.25, 0.3) is 0 Å². The highest BCUT2D eigenvalue weighted by Gasteiger charge is 2.28. The van der Waals surface area contributed by atoms with Gasteiger partial charge in [-0.2, -0.15) is 0 Å². The van der Waals surface area contributed by atoms with Crippen molar-refractivity contribution in [1.29, 1.82) is 0 Å². The maximum atomic E-state index is 12.5. The third-order valence-electron chi connectivity index (χ3n) is 5.51. The van der Waals surface area contributed by atoms with Gasteiger partial charge in [0.05, 0.1) is 19.3 Å². The highest BCUT2D eigenvalue weighted by atomic mass is 32.1. The van der Waals surface area contributed by atoms with E-state index in [-0.39, 0.29) is 11.9 Å². The Morgan fingerprint density at radius 1 is 1.28 bits per heavy atom. The van der Waals surface area contributed by atoms with Gasteiger partial charge in [0.25, 0.3) is 0 Å². The van der Waals surface area contributed by atoms with E-state index in [9.17, 15) is 9.59 Å². The van der Waals surface area contributed by atoms with Crippen molar-refractivity contribution in [3.05, 3.63) is 45.3 Å². The summed E-state index contributed by atoms with van der Waals surface area (Å²) in [4.78, 5) is 26.0. The number of amides is 1. The number of ether oxygens (including phenoxy) is 2. The molecule has 1 aromatic heterocycles. The molecule has 0 spiro atoms. The molecule has 0 aliphatic heterocycles. The SMILES string of the molecule is COC(=O)c1c(NC(=O)CCCOc2cccc(C)c2C)sc2c1CCC(C)C2. The molecule has 1 N–H and O–H groups in total. The molecule has 1 atom stereocenters. The van der Waals surface area contributed by atoms with Crippen LogP contribution in [0.15, 0.2) is 18.2 Å². The van der Waals surface area contributed by atoms with Crippen LogP contribution < -0.4 is 10.1 Å². The van der Waals surface area contributed by atoms with Gasteiger partial charge >= 0.3 is 5.97 Å². The van der Waals surface area contributed by atoms with Gasteiger partial charge in [-0.05, 0) is 68.2 Å². The van der Waals surface area contributed by atoms with Gasteiger partial charge < -0.3 is 14.8 Å². The fourth-order valence-electron chi connectivity index (χ4n) is 3.64. The summed E-state index contributed by atoms with van der Waals surface area (Å²) in [5.74, 6) is 0.979. The number of carbonyl (C=O) groups excluding carboxylic acids is 2. The second-order valence-electron chi connectivity index (χ2n) is 7.75. The third-order valence-corrected chi connectivity index (χ3v) is 6.68. The molecule has 0 bridgehead atoms. The lowest BCUT2D eigenvalue weighted by Gasteiger charge is -2.18. The first-order valence-corrected chi connectivity index (χ1v) is 10.9. The zero-order valence-corrected chi connectivity index (χ0v) is 18.4. The minimum absolute atomic E-state index is 0.105. The normalized spacial score (nSPS) is 15.5. The first kappa shape index (κ1) is 21.4. The van der Waals surface area contributed by atoms with Crippen molar-refractivity contribution >= 4 is 28.2 Å². The first-order chi connectivity index (χ1) is 13.9. The number of benzene rings is 1. The Labute approximate surface area is 176 Å². The third kappa shape index (κ3) is 4.99. The van der Waals surface area contributed by atoms with E-state index < -0.39 is 0 Å². The summed E-state index contributed by atoms with van der Waals surface area (Å²) in [6.45, 7) is 6.77. The number of hydrogen-bond donors (Lipinski definition) is 1. The van der Waals surface area contributed by atoms with Crippen molar-refractivity contribution in [2.75, 3.05) is 19.0 Å². The fraction of sp³-hybridized carbons (Fsp3) is 0.478. The molecule has 0 saturated carbocycles. The van der Waals surface area contributed by atoms with Crippen LogP contribution in [0.5, 0.6) is 5.75 Å². The molecule has 0 radical (unpaired) electrons. The van der Waals surface area contributed by atoms with Gasteiger partial charge in [-0.3, -0.25) is 4.79 Å². The molecule has 1 aromatic carbocycles. The highest BCUT2D eigenvalue weighted by molar-refractivity contribution is 7.17. The van der Waals surface area contributed by atoms with E-state index in [0.717, 1.165) is 36.1 Å². The molecule has 1 amide bonds. The fourth-order valence-corrected chi connectivity index (χ4v) is 5.06. The van der Waals surface area contributed by atoms with E-state index in [2.05, 4.69) is 25.2 Å². The Morgan fingerprint density at radius 2 is 2.07 bits per heavy atom. The standard InChI is InChI=1S/C23H29NO4S/c1-14-10-11-17-19(13-14)29-22(21(17)23(26)27-4)24-20(25)9-6-12-28-18-8-5-7-15(2)16(18)3/h5,7-8,14H,6,9-13H2,1-4H3,(H,24,25). The van der Waals surface area contributed by atoms with Gasteiger partial charge in [0, 0.05) is 11.3 Å². The molecule has 2 aromatic rings. The average Bonchev–Trinajstić information content (AvgIpc) is 3.04. The van der Waals surface area contributed by atoms with E-state index in [1.165, 1.54) is 28.9 Å². The molecular weight excluding hydrogens is 386 g/mol. The van der Waals surface area contributed by atoms with Crippen molar-refractivity contribution in [3.63, 3.8) is 0 Å². The monoisotopic (exact) mass is 415 g/mol. The Balaban J connectivity index is 1.59. The predicted molar refractivity (Wildman–Crippen MR) is 116 cm³/mol. The Morgan fingerprint density at radius 3 is 2.83 bits per heavy atom. The average molecular weight is 416 g/mol. The lowest BCUT2D eigenvalue weighted by molar-refractivity contribution is -0.116. The summed E-state index contributed by atoms with van der Waals surface area (Å²) >= 11 is 1.51. The number of hydrogen-bond acceptors (Lipinski definition) is 5. The molecule has 3 rings (SSSR count). The zero-order chi connectivity index (χ0) is 21.0. The van der Waals surface area contributed by atoms with Gasteiger partial charge in [-0.25, -0.2) is 4.79 Å². The van der Waals surface area contributed by atoms with Gasteiger partial charge in [0.15, 0.2) is 0 Å². The van der Waals surface area contributed by atoms with E-state index in [1.54, 1.807) is 0 Å². The Hall–Kier alpha value is -2.34. The summed E-state index contributed by atoms with van der Waals surface area (Å²) in [7, 11) is 1.38. The lowest BCUT2D eigenvalue weighted by Crippen LogP contribution is -2.16. The van der Waals surface area contributed by atoms with Crippen LogP contribution in [0.3, 0.4) is 0 Å². The van der Waals surface area contributed by atoms with Crippen LogP contribution in [0, 0.1) is 19.8 Å². The topological polar surface area (TPSA) is 64.6 Å². The number of esters is 1. The smallest absolute Gasteiger partial charge is 0.341 e. The predicted octanol–water partition coefficient (Wildman–Crippen LogP) is 5.07. The quantitative estimate of drug-likeness (QED) is 0.506. The van der Waals surface area contributed by atoms with Crippen LogP contribution in [0.1, 0.15) is 58.1 Å². The van der Waals surface area contributed by atoms with Gasteiger partial charge in [-0.1, -0.05) is 19.1 Å². The highest BCUT2D eigenvalue weighted by Crippen LogP contribution is 2.40. The van der Waals surface area contributed by atoms with Gasteiger partial charge in [-0.15, -0.1) is 11.3 Å². The minimum Gasteiger partial charge on any atom is -0.493 e. The second kappa shape index (κ2) is 9.44. The van der Waals surface area contributed by atoms with Crippen LogP contribution in [0.4, 0.5) is 5.00 Å². The largest absolute Gasteiger partial charge is 0.493 e. The number of anilines is 1. The molecular formula is C23H29NO4S. The Kier molecular flexibility index (Phi) is 6.96. The van der Waals surface area contributed by atoms with Crippen molar-refractivity contribution in [2.45, 2.75) is 52.9 Å². The van der Waals surface area contributed by atoms with E-state index in [4.69, 9.17) is 9.47 Å². The molecule has 5 nitrogen and oxygen atoms in total. The number of aryl methyl sites for hydroxylation is 1. The molecule has 1 unspecified atom stereocenters. The molecule has 0 fully saturated rings. The molecule has 1 aliphatic rings. The van der Waals surface area contributed by atoms with Crippen LogP contribution in [-0.2, 0) is 22.4 Å². The van der Waals surface area contributed by atoms with Crippen molar-refractivity contribution in [2.24, 2.45) is 5.92 Å². The number of methoxy groups -OCH3 is 1. The lowest BCUT2D eigenvalue weighted by atomic mass is 9.88. The molecule has 156 valence electrons.